The molecule has 0 aromatic heterocycles. The van der Waals surface area contributed by atoms with Gasteiger partial charge in [-0.15, -0.1) is 11.6 Å². The summed E-state index contributed by atoms with van der Waals surface area (Å²) in [6.45, 7) is 3.81. The molecule has 4 heteroatoms. The van der Waals surface area contributed by atoms with Crippen LogP contribution >= 0.6 is 23.2 Å². The first kappa shape index (κ1) is 14.1. The summed E-state index contributed by atoms with van der Waals surface area (Å²) in [6, 6.07) is 8.09. The summed E-state index contributed by atoms with van der Waals surface area (Å²) < 4.78 is 5.67. The molecule has 2 rings (SSSR count). The summed E-state index contributed by atoms with van der Waals surface area (Å²) in [7, 11) is 0. The van der Waals surface area contributed by atoms with Crippen molar-refractivity contribution in [2.45, 2.75) is 25.5 Å². The quantitative estimate of drug-likeness (QED) is 0.768. The number of alkyl halides is 1. The van der Waals surface area contributed by atoms with Gasteiger partial charge in [0.25, 0.3) is 0 Å². The highest BCUT2D eigenvalue weighted by Gasteiger charge is 2.19. The van der Waals surface area contributed by atoms with Crippen LogP contribution in [0.3, 0.4) is 0 Å². The van der Waals surface area contributed by atoms with E-state index in [0.29, 0.717) is 18.6 Å². The summed E-state index contributed by atoms with van der Waals surface area (Å²) in [5, 5.41) is 0.813. The van der Waals surface area contributed by atoms with E-state index in [1.807, 2.05) is 18.2 Å². The van der Waals surface area contributed by atoms with Crippen molar-refractivity contribution in [1.29, 1.82) is 0 Å². The number of hydrogen-bond acceptors (Lipinski definition) is 2. The Morgan fingerprint density at radius 1 is 1.28 bits per heavy atom. The van der Waals surface area contributed by atoms with Crippen LogP contribution in [-0.2, 0) is 11.3 Å². The smallest absolute Gasteiger partial charge is 0.0605 e. The van der Waals surface area contributed by atoms with E-state index in [-0.39, 0.29) is 0 Å². The molecule has 0 aliphatic carbocycles. The predicted octanol–water partition coefficient (Wildman–Crippen LogP) is 3.56. The molecule has 1 aliphatic rings. The van der Waals surface area contributed by atoms with Crippen molar-refractivity contribution in [3.63, 3.8) is 0 Å². The first-order valence-electron chi connectivity index (χ1n) is 6.42. The van der Waals surface area contributed by atoms with E-state index in [2.05, 4.69) is 11.0 Å². The topological polar surface area (TPSA) is 12.5 Å². The fourth-order valence-corrected chi connectivity index (χ4v) is 2.64. The molecule has 1 aliphatic heterocycles. The van der Waals surface area contributed by atoms with Crippen LogP contribution in [0.25, 0.3) is 0 Å². The number of nitrogens with zero attached hydrogens (tertiary/aromatic N) is 1. The van der Waals surface area contributed by atoms with Crippen LogP contribution in [0.2, 0.25) is 5.02 Å². The standard InChI is InChI=1S/C14H19Cl2NO/c15-6-9-18-14-4-7-17(8-5-14)11-12-2-1-3-13(16)10-12/h1-3,10,14H,4-9,11H2. The molecule has 0 N–H and O–H groups in total. The summed E-state index contributed by atoms with van der Waals surface area (Å²) in [5.74, 6) is 0.586. The first-order valence-corrected chi connectivity index (χ1v) is 7.33. The van der Waals surface area contributed by atoms with Gasteiger partial charge in [-0.1, -0.05) is 23.7 Å². The lowest BCUT2D eigenvalue weighted by atomic mass is 10.1. The van der Waals surface area contributed by atoms with Gasteiger partial charge in [0.15, 0.2) is 0 Å². The summed E-state index contributed by atoms with van der Waals surface area (Å²) in [5.41, 5.74) is 1.28. The number of hydrogen-bond donors (Lipinski definition) is 0. The minimum absolute atomic E-state index is 0.388. The van der Waals surface area contributed by atoms with E-state index in [9.17, 15) is 0 Å². The molecule has 1 aromatic rings. The molecule has 18 heavy (non-hydrogen) atoms. The largest absolute Gasteiger partial charge is 0.377 e. The van der Waals surface area contributed by atoms with Crippen molar-refractivity contribution < 1.29 is 4.74 Å². The fraction of sp³-hybridized carbons (Fsp3) is 0.571. The second-order valence-corrected chi connectivity index (χ2v) is 5.48. The van der Waals surface area contributed by atoms with Crippen molar-refractivity contribution >= 4 is 23.2 Å². The highest BCUT2D eigenvalue weighted by Crippen LogP contribution is 2.18. The van der Waals surface area contributed by atoms with Crippen molar-refractivity contribution in [2.24, 2.45) is 0 Å². The van der Waals surface area contributed by atoms with E-state index in [0.717, 1.165) is 37.5 Å². The Balaban J connectivity index is 1.76. The number of rotatable bonds is 5. The number of likely N-dealkylation sites (tertiary alicyclic amines) is 1. The monoisotopic (exact) mass is 287 g/mol. The lowest BCUT2D eigenvalue weighted by Crippen LogP contribution is -2.36. The zero-order valence-corrected chi connectivity index (χ0v) is 12.0. The highest BCUT2D eigenvalue weighted by molar-refractivity contribution is 6.30. The van der Waals surface area contributed by atoms with Crippen molar-refractivity contribution in [3.05, 3.63) is 34.9 Å². The van der Waals surface area contributed by atoms with E-state index < -0.39 is 0 Å². The maximum absolute atomic E-state index is 5.99. The molecule has 100 valence electrons. The number of ether oxygens (including phenoxy) is 1. The third-order valence-electron chi connectivity index (χ3n) is 3.26. The lowest BCUT2D eigenvalue weighted by Gasteiger charge is -2.31. The van der Waals surface area contributed by atoms with E-state index in [1.54, 1.807) is 0 Å². The molecule has 0 unspecified atom stereocenters. The van der Waals surface area contributed by atoms with Crippen molar-refractivity contribution in [1.82, 2.24) is 4.90 Å². The summed E-state index contributed by atoms with van der Waals surface area (Å²) in [4.78, 5) is 2.45. The average Bonchev–Trinajstić information content (AvgIpc) is 2.38. The zero-order valence-electron chi connectivity index (χ0n) is 10.4. The van der Waals surface area contributed by atoms with Gasteiger partial charge in [-0.3, -0.25) is 4.90 Å². The van der Waals surface area contributed by atoms with Crippen LogP contribution in [0.4, 0.5) is 0 Å². The molecule has 1 heterocycles. The lowest BCUT2D eigenvalue weighted by molar-refractivity contribution is 0.0135. The van der Waals surface area contributed by atoms with Crippen molar-refractivity contribution in [2.75, 3.05) is 25.6 Å². The van der Waals surface area contributed by atoms with E-state index in [1.165, 1.54) is 5.56 Å². The molecule has 0 radical (unpaired) electrons. The molecule has 0 bridgehead atoms. The number of halogens is 2. The normalized spacial score (nSPS) is 18.1. The van der Waals surface area contributed by atoms with Gasteiger partial charge in [0, 0.05) is 30.5 Å². The molecule has 1 saturated heterocycles. The molecule has 0 spiro atoms. The van der Waals surface area contributed by atoms with E-state index >= 15 is 0 Å². The number of piperidine rings is 1. The predicted molar refractivity (Wildman–Crippen MR) is 76.4 cm³/mol. The van der Waals surface area contributed by atoms with Gasteiger partial charge < -0.3 is 4.74 Å². The van der Waals surface area contributed by atoms with Gasteiger partial charge in [0.05, 0.1) is 12.7 Å². The molecule has 2 nitrogen and oxygen atoms in total. The van der Waals surface area contributed by atoms with Crippen LogP contribution in [0.15, 0.2) is 24.3 Å². The van der Waals surface area contributed by atoms with Gasteiger partial charge in [-0.2, -0.15) is 0 Å². The SMILES string of the molecule is ClCCOC1CCN(Cc2cccc(Cl)c2)CC1. The van der Waals surface area contributed by atoms with Crippen LogP contribution in [0, 0.1) is 0 Å². The van der Waals surface area contributed by atoms with Gasteiger partial charge in [-0.25, -0.2) is 0 Å². The molecule has 0 saturated carbocycles. The maximum Gasteiger partial charge on any atom is 0.0605 e. The average molecular weight is 288 g/mol. The Morgan fingerprint density at radius 2 is 2.06 bits per heavy atom. The Labute approximate surface area is 119 Å². The molecular weight excluding hydrogens is 269 g/mol. The molecule has 0 atom stereocenters. The third-order valence-corrected chi connectivity index (χ3v) is 3.65. The fourth-order valence-electron chi connectivity index (χ4n) is 2.34. The van der Waals surface area contributed by atoms with Gasteiger partial charge >= 0.3 is 0 Å². The molecular formula is C14H19Cl2NO. The Bertz CT molecular complexity index is 365. The van der Waals surface area contributed by atoms with Crippen LogP contribution in [0.1, 0.15) is 18.4 Å². The Kier molecular flexibility index (Phi) is 5.77. The minimum atomic E-state index is 0.388. The minimum Gasteiger partial charge on any atom is -0.377 e. The first-order chi connectivity index (χ1) is 8.78. The third kappa shape index (κ3) is 4.43. The second-order valence-electron chi connectivity index (χ2n) is 4.67. The van der Waals surface area contributed by atoms with Gasteiger partial charge in [-0.05, 0) is 30.5 Å². The van der Waals surface area contributed by atoms with Crippen LogP contribution in [-0.4, -0.2) is 36.6 Å². The molecule has 1 aromatic carbocycles. The Hall–Kier alpha value is -0.280. The van der Waals surface area contributed by atoms with Crippen LogP contribution < -0.4 is 0 Å². The van der Waals surface area contributed by atoms with Gasteiger partial charge in [0.2, 0.25) is 0 Å². The second kappa shape index (κ2) is 7.34. The molecule has 1 fully saturated rings. The van der Waals surface area contributed by atoms with Crippen molar-refractivity contribution in [3.8, 4) is 0 Å². The maximum atomic E-state index is 5.99. The van der Waals surface area contributed by atoms with Gasteiger partial charge in [0.1, 0.15) is 0 Å². The van der Waals surface area contributed by atoms with Crippen LogP contribution in [0.5, 0.6) is 0 Å². The highest BCUT2D eigenvalue weighted by atomic mass is 35.5. The summed E-state index contributed by atoms with van der Waals surface area (Å²) in [6.07, 6.45) is 2.58. The summed E-state index contributed by atoms with van der Waals surface area (Å²) >= 11 is 11.6. The number of benzene rings is 1. The zero-order chi connectivity index (χ0) is 12.8. The van der Waals surface area contributed by atoms with E-state index in [4.69, 9.17) is 27.9 Å². The Morgan fingerprint density at radius 3 is 2.72 bits per heavy atom. The molecule has 0 amide bonds.